The molecule has 0 aliphatic rings. The van der Waals surface area contributed by atoms with E-state index < -0.39 is 11.9 Å². The molecule has 1 amide bonds. The van der Waals surface area contributed by atoms with Crippen LogP contribution in [0, 0.1) is 12.8 Å². The smallest absolute Gasteiger partial charge is 0.341 e. The number of methoxy groups -OCH3 is 2. The van der Waals surface area contributed by atoms with E-state index in [9.17, 15) is 14.4 Å². The van der Waals surface area contributed by atoms with E-state index in [4.69, 9.17) is 19.2 Å². The summed E-state index contributed by atoms with van der Waals surface area (Å²) >= 11 is 0. The fourth-order valence-corrected chi connectivity index (χ4v) is 4.20. The molecule has 1 aromatic carbocycles. The third-order valence-corrected chi connectivity index (χ3v) is 5.95. The number of hydrogen-bond acceptors (Lipinski definition) is 7. The van der Waals surface area contributed by atoms with Gasteiger partial charge in [0.15, 0.2) is 5.49 Å². The van der Waals surface area contributed by atoms with Gasteiger partial charge in [-0.25, -0.2) is 9.78 Å². The Morgan fingerprint density at radius 2 is 1.74 bits per heavy atom. The van der Waals surface area contributed by atoms with Gasteiger partial charge in [0.05, 0.1) is 26.2 Å². The number of rotatable bonds is 7. The minimum atomic E-state index is -0.699. The van der Waals surface area contributed by atoms with Gasteiger partial charge in [0.25, 0.3) is 11.5 Å². The summed E-state index contributed by atoms with van der Waals surface area (Å²) < 4.78 is 19.0. The summed E-state index contributed by atoms with van der Waals surface area (Å²) in [4.78, 5) is 49.3. The summed E-state index contributed by atoms with van der Waals surface area (Å²) in [6.07, 6.45) is 1.63. The minimum absolute atomic E-state index is 0.00489. The van der Waals surface area contributed by atoms with Gasteiger partial charge < -0.3 is 18.8 Å². The van der Waals surface area contributed by atoms with Crippen molar-refractivity contribution < 1.29 is 23.8 Å². The highest BCUT2D eigenvalue weighted by Crippen LogP contribution is 2.23. The van der Waals surface area contributed by atoms with Gasteiger partial charge in [-0.15, -0.1) is 0 Å². The van der Waals surface area contributed by atoms with E-state index >= 15 is 0 Å². The molecule has 0 bridgehead atoms. The number of pyridine rings is 2. The average Bonchev–Trinajstić information content (AvgIpc) is 2.90. The molecule has 0 spiro atoms. The van der Waals surface area contributed by atoms with Crippen LogP contribution in [-0.4, -0.2) is 46.7 Å². The minimum Gasteiger partial charge on any atom is -0.497 e. The maximum absolute atomic E-state index is 13.5. The summed E-state index contributed by atoms with van der Waals surface area (Å²) in [5, 5.41) is 0.214. The zero-order valence-electron chi connectivity index (χ0n) is 22.3. The molecule has 3 heterocycles. The van der Waals surface area contributed by atoms with Crippen molar-refractivity contribution >= 4 is 28.6 Å². The van der Waals surface area contributed by atoms with Crippen LogP contribution in [0.1, 0.15) is 47.1 Å². The van der Waals surface area contributed by atoms with Crippen LogP contribution < -0.4 is 20.5 Å². The number of esters is 1. The van der Waals surface area contributed by atoms with Crippen LogP contribution in [0.15, 0.2) is 52.4 Å². The Bertz CT molecular complexity index is 1660. The van der Waals surface area contributed by atoms with E-state index in [2.05, 4.69) is 4.99 Å². The lowest BCUT2D eigenvalue weighted by atomic mass is 10.1. The van der Waals surface area contributed by atoms with Gasteiger partial charge in [0, 0.05) is 24.4 Å². The molecule has 10 nitrogen and oxygen atoms in total. The number of hydrogen-bond donors (Lipinski definition) is 0. The van der Waals surface area contributed by atoms with Crippen molar-refractivity contribution in [1.82, 2.24) is 14.0 Å². The van der Waals surface area contributed by atoms with Crippen molar-refractivity contribution in [2.75, 3.05) is 20.8 Å². The molecule has 0 radical (unpaired) electrons. The van der Waals surface area contributed by atoms with E-state index in [1.165, 1.54) is 36.8 Å². The summed E-state index contributed by atoms with van der Waals surface area (Å²) in [6.45, 7) is 7.94. The van der Waals surface area contributed by atoms with Crippen molar-refractivity contribution in [2.24, 2.45) is 10.9 Å². The monoisotopic (exact) mass is 518 g/mol. The second-order valence-corrected chi connectivity index (χ2v) is 9.16. The van der Waals surface area contributed by atoms with Crippen LogP contribution in [0.3, 0.4) is 0 Å². The number of amides is 1. The van der Waals surface area contributed by atoms with Crippen LogP contribution in [-0.2, 0) is 11.3 Å². The Labute approximate surface area is 219 Å². The van der Waals surface area contributed by atoms with Crippen molar-refractivity contribution in [3.05, 3.63) is 75.1 Å². The van der Waals surface area contributed by atoms with Gasteiger partial charge in [0.2, 0.25) is 0 Å². The van der Waals surface area contributed by atoms with Gasteiger partial charge in [0.1, 0.15) is 28.4 Å². The Hall–Kier alpha value is -4.47. The first kappa shape index (κ1) is 26.6. The number of fused-ring (bicyclic) bond motifs is 2. The SMILES string of the molecule is CCOC(=O)c1cc2c(=O)n3cccc(C)c3nc2n(CC(C)C)c1=NC(=O)c1cc(OC)cc(OC)c1. The van der Waals surface area contributed by atoms with Crippen LogP contribution in [0.4, 0.5) is 0 Å². The number of nitrogens with zero attached hydrogens (tertiary/aromatic N) is 4. The molecule has 0 aliphatic heterocycles. The Balaban J connectivity index is 2.13. The summed E-state index contributed by atoms with van der Waals surface area (Å²) in [5.74, 6) is -0.426. The summed E-state index contributed by atoms with van der Waals surface area (Å²) in [5.41, 5.74) is 1.51. The van der Waals surface area contributed by atoms with Gasteiger partial charge >= 0.3 is 5.97 Å². The lowest BCUT2D eigenvalue weighted by Crippen LogP contribution is -2.34. The highest BCUT2D eigenvalue weighted by atomic mass is 16.5. The lowest BCUT2D eigenvalue weighted by Gasteiger charge is -2.17. The lowest BCUT2D eigenvalue weighted by molar-refractivity contribution is 0.0523. The Morgan fingerprint density at radius 1 is 1.05 bits per heavy atom. The molecule has 0 atom stereocenters. The van der Waals surface area contributed by atoms with Crippen molar-refractivity contribution in [2.45, 2.75) is 34.2 Å². The molecule has 198 valence electrons. The van der Waals surface area contributed by atoms with E-state index in [0.29, 0.717) is 29.3 Å². The first-order chi connectivity index (χ1) is 18.2. The van der Waals surface area contributed by atoms with Gasteiger partial charge in [-0.2, -0.15) is 4.99 Å². The molecule has 0 saturated heterocycles. The molecule has 0 N–H and O–H groups in total. The maximum atomic E-state index is 13.5. The molecule has 0 fully saturated rings. The number of ether oxygens (including phenoxy) is 3. The van der Waals surface area contributed by atoms with Crippen LogP contribution in [0.2, 0.25) is 0 Å². The van der Waals surface area contributed by atoms with E-state index in [1.54, 1.807) is 29.8 Å². The molecule has 3 aromatic heterocycles. The zero-order chi connectivity index (χ0) is 27.6. The molecule has 0 unspecified atom stereocenters. The first-order valence-electron chi connectivity index (χ1n) is 12.2. The third-order valence-electron chi connectivity index (χ3n) is 5.95. The molecule has 10 heteroatoms. The largest absolute Gasteiger partial charge is 0.497 e. The quantitative estimate of drug-likeness (QED) is 0.272. The maximum Gasteiger partial charge on any atom is 0.341 e. The summed E-state index contributed by atoms with van der Waals surface area (Å²) in [7, 11) is 2.96. The highest BCUT2D eigenvalue weighted by Gasteiger charge is 2.21. The number of carbonyl (C=O) groups is 2. The van der Waals surface area contributed by atoms with E-state index in [0.717, 1.165) is 5.56 Å². The second kappa shape index (κ2) is 10.9. The number of benzene rings is 1. The standard InChI is InChI=1S/C28H30N4O6/c1-7-38-28(35)22-14-21-24(29-23-17(4)9-8-10-31(23)27(21)34)32(15-16(2)3)25(22)30-26(33)18-11-19(36-5)13-20(12-18)37-6/h8-14,16H,7,15H2,1-6H3. The highest BCUT2D eigenvalue weighted by molar-refractivity contribution is 5.97. The number of aromatic nitrogens is 3. The molecular weight excluding hydrogens is 488 g/mol. The van der Waals surface area contributed by atoms with Crippen molar-refractivity contribution in [3.8, 4) is 11.5 Å². The van der Waals surface area contributed by atoms with Gasteiger partial charge in [-0.3, -0.25) is 14.0 Å². The zero-order valence-corrected chi connectivity index (χ0v) is 22.3. The van der Waals surface area contributed by atoms with E-state index in [-0.39, 0.29) is 40.1 Å². The van der Waals surface area contributed by atoms with E-state index in [1.807, 2.05) is 26.8 Å². The fourth-order valence-electron chi connectivity index (χ4n) is 4.20. The first-order valence-corrected chi connectivity index (χ1v) is 12.2. The summed E-state index contributed by atoms with van der Waals surface area (Å²) in [6, 6.07) is 9.74. The average molecular weight is 519 g/mol. The number of carbonyl (C=O) groups excluding carboxylic acids is 2. The van der Waals surface area contributed by atoms with Crippen molar-refractivity contribution in [3.63, 3.8) is 0 Å². The molecule has 4 rings (SSSR count). The molecule has 0 aliphatic carbocycles. The number of aryl methyl sites for hydroxylation is 1. The second-order valence-electron chi connectivity index (χ2n) is 9.16. The molecule has 4 aromatic rings. The normalized spacial score (nSPS) is 11.8. The molecule has 0 saturated carbocycles. The van der Waals surface area contributed by atoms with Crippen molar-refractivity contribution in [1.29, 1.82) is 0 Å². The topological polar surface area (TPSA) is 113 Å². The van der Waals surface area contributed by atoms with Gasteiger partial charge in [-0.05, 0) is 49.6 Å². The van der Waals surface area contributed by atoms with Gasteiger partial charge in [-0.1, -0.05) is 19.9 Å². The third kappa shape index (κ3) is 5.02. The molecule has 38 heavy (non-hydrogen) atoms. The molecular formula is C28H30N4O6. The van der Waals surface area contributed by atoms with Crippen LogP contribution in [0.5, 0.6) is 11.5 Å². The fraction of sp³-hybridized carbons (Fsp3) is 0.321. The predicted molar refractivity (Wildman–Crippen MR) is 142 cm³/mol. The predicted octanol–water partition coefficient (Wildman–Crippen LogP) is 3.55. The Kier molecular flexibility index (Phi) is 7.61. The van der Waals surface area contributed by atoms with Crippen LogP contribution in [0.25, 0.3) is 16.7 Å². The Morgan fingerprint density at radius 3 is 2.34 bits per heavy atom. The van der Waals surface area contributed by atoms with Crippen LogP contribution >= 0.6 is 0 Å².